The summed E-state index contributed by atoms with van der Waals surface area (Å²) in [4.78, 5) is 11.8. The third-order valence-electron chi connectivity index (χ3n) is 4.24. The molecule has 2 nitrogen and oxygen atoms in total. The number of hydrogen-bond donors (Lipinski definition) is 0. The molecule has 0 fully saturated rings. The molecule has 1 aromatic rings. The van der Waals surface area contributed by atoms with E-state index in [0.717, 1.165) is 19.3 Å². The summed E-state index contributed by atoms with van der Waals surface area (Å²) in [5, 5.41) is 0. The first-order valence-electron chi connectivity index (χ1n) is 9.40. The Morgan fingerprint density at radius 2 is 1.46 bits per heavy atom. The first-order chi connectivity index (χ1) is 12.4. The van der Waals surface area contributed by atoms with Crippen molar-refractivity contribution in [2.24, 2.45) is 0 Å². The minimum Gasteiger partial charge on any atom is -0.462 e. The van der Waals surface area contributed by atoms with E-state index < -0.39 is 29.1 Å². The van der Waals surface area contributed by atoms with Crippen LogP contribution in [0.4, 0.5) is 17.6 Å². The molecule has 1 aromatic carbocycles. The Morgan fingerprint density at radius 3 is 2.00 bits per heavy atom. The van der Waals surface area contributed by atoms with Gasteiger partial charge in [0.1, 0.15) is 5.82 Å². The molecule has 6 heteroatoms. The van der Waals surface area contributed by atoms with Crippen LogP contribution < -0.4 is 0 Å². The smallest absolute Gasteiger partial charge is 0.416 e. The van der Waals surface area contributed by atoms with Gasteiger partial charge in [0.2, 0.25) is 0 Å². The van der Waals surface area contributed by atoms with Crippen LogP contribution in [0.1, 0.15) is 87.1 Å². The number of carbonyl (C=O) groups is 1. The average molecular weight is 376 g/mol. The lowest BCUT2D eigenvalue weighted by Crippen LogP contribution is -2.12. The van der Waals surface area contributed by atoms with Crippen molar-refractivity contribution >= 4 is 5.97 Å². The van der Waals surface area contributed by atoms with E-state index in [-0.39, 0.29) is 6.61 Å². The summed E-state index contributed by atoms with van der Waals surface area (Å²) in [6.07, 6.45) is 6.57. The van der Waals surface area contributed by atoms with E-state index in [4.69, 9.17) is 4.74 Å². The highest BCUT2D eigenvalue weighted by atomic mass is 19.4. The van der Waals surface area contributed by atoms with Gasteiger partial charge < -0.3 is 4.74 Å². The molecule has 0 radical (unpaired) electrons. The second kappa shape index (κ2) is 11.9. The van der Waals surface area contributed by atoms with Crippen LogP contribution in [0.3, 0.4) is 0 Å². The zero-order valence-electron chi connectivity index (χ0n) is 15.3. The minimum atomic E-state index is -4.63. The molecule has 0 bridgehead atoms. The zero-order valence-corrected chi connectivity index (χ0v) is 15.3. The fourth-order valence-electron chi connectivity index (χ4n) is 2.69. The largest absolute Gasteiger partial charge is 0.462 e. The Kier molecular flexibility index (Phi) is 10.3. The maximum atomic E-state index is 13.6. The van der Waals surface area contributed by atoms with Crippen LogP contribution in [-0.4, -0.2) is 12.6 Å². The number of esters is 1. The predicted octanol–water partition coefficient (Wildman–Crippen LogP) is 6.92. The van der Waals surface area contributed by atoms with Crippen molar-refractivity contribution in [3.8, 4) is 0 Å². The fraction of sp³-hybridized carbons (Fsp3) is 0.650. The molecule has 1 rings (SSSR count). The van der Waals surface area contributed by atoms with E-state index in [1.165, 1.54) is 38.5 Å². The van der Waals surface area contributed by atoms with Crippen LogP contribution in [0, 0.1) is 5.82 Å². The van der Waals surface area contributed by atoms with E-state index in [9.17, 15) is 22.4 Å². The average Bonchev–Trinajstić information content (AvgIpc) is 2.58. The monoisotopic (exact) mass is 376 g/mol. The van der Waals surface area contributed by atoms with Gasteiger partial charge in [-0.25, -0.2) is 9.18 Å². The highest BCUT2D eigenvalue weighted by Crippen LogP contribution is 2.30. The maximum absolute atomic E-state index is 13.6. The lowest BCUT2D eigenvalue weighted by molar-refractivity contribution is -0.137. The highest BCUT2D eigenvalue weighted by Gasteiger charge is 2.32. The summed E-state index contributed by atoms with van der Waals surface area (Å²) in [7, 11) is 0. The van der Waals surface area contributed by atoms with Crippen molar-refractivity contribution in [1.29, 1.82) is 0 Å². The normalized spacial score (nSPS) is 11.6. The Morgan fingerprint density at radius 1 is 0.923 bits per heavy atom. The van der Waals surface area contributed by atoms with Crippen LogP contribution in [-0.2, 0) is 10.9 Å². The van der Waals surface area contributed by atoms with Crippen LogP contribution >= 0.6 is 0 Å². The predicted molar refractivity (Wildman–Crippen MR) is 93.5 cm³/mol. The molecule has 148 valence electrons. The van der Waals surface area contributed by atoms with Crippen molar-refractivity contribution in [3.05, 3.63) is 35.1 Å². The molecule has 0 aliphatic carbocycles. The summed E-state index contributed by atoms with van der Waals surface area (Å²) in [5.41, 5.74) is -1.74. The quantitative estimate of drug-likeness (QED) is 0.225. The van der Waals surface area contributed by atoms with Gasteiger partial charge in [0.25, 0.3) is 0 Å². The first-order valence-corrected chi connectivity index (χ1v) is 9.40. The van der Waals surface area contributed by atoms with Gasteiger partial charge in [-0.3, -0.25) is 0 Å². The second-order valence-corrected chi connectivity index (χ2v) is 6.51. The third-order valence-corrected chi connectivity index (χ3v) is 4.24. The number of rotatable bonds is 12. The number of halogens is 4. The van der Waals surface area contributed by atoms with Gasteiger partial charge >= 0.3 is 12.1 Å². The number of alkyl halides is 3. The summed E-state index contributed by atoms with van der Waals surface area (Å²) in [6.45, 7) is 2.28. The third kappa shape index (κ3) is 8.68. The van der Waals surface area contributed by atoms with E-state index >= 15 is 0 Å². The number of ether oxygens (including phenoxy) is 1. The van der Waals surface area contributed by atoms with Gasteiger partial charge in [-0.15, -0.1) is 0 Å². The number of unbranched alkanes of at least 4 members (excludes halogenated alkanes) is 9. The molecule has 0 unspecified atom stereocenters. The summed E-state index contributed by atoms with van der Waals surface area (Å²) >= 11 is 0. The molecule has 0 N–H and O–H groups in total. The Hall–Kier alpha value is -1.59. The molecule has 0 heterocycles. The molecule has 0 saturated heterocycles. The van der Waals surface area contributed by atoms with Gasteiger partial charge in [0.05, 0.1) is 17.7 Å². The molecule has 0 saturated carbocycles. The lowest BCUT2D eigenvalue weighted by atomic mass is 10.1. The zero-order chi connectivity index (χ0) is 19.4. The Balaban J connectivity index is 2.21. The first kappa shape index (κ1) is 22.5. The van der Waals surface area contributed by atoms with Crippen molar-refractivity contribution in [3.63, 3.8) is 0 Å². The molecule has 0 atom stereocenters. The van der Waals surface area contributed by atoms with Crippen LogP contribution in [0.15, 0.2) is 18.2 Å². The lowest BCUT2D eigenvalue weighted by Gasteiger charge is -2.10. The van der Waals surface area contributed by atoms with Crippen LogP contribution in [0.25, 0.3) is 0 Å². The number of carbonyl (C=O) groups excluding carboxylic acids is 1. The van der Waals surface area contributed by atoms with E-state index in [0.29, 0.717) is 24.6 Å². The molecule has 0 aromatic heterocycles. The fourth-order valence-corrected chi connectivity index (χ4v) is 2.69. The van der Waals surface area contributed by atoms with E-state index in [1.807, 2.05) is 0 Å². The number of hydrogen-bond acceptors (Lipinski definition) is 2. The van der Waals surface area contributed by atoms with Gasteiger partial charge in [-0.2, -0.15) is 13.2 Å². The highest BCUT2D eigenvalue weighted by molar-refractivity contribution is 5.89. The van der Waals surface area contributed by atoms with Gasteiger partial charge in [-0.1, -0.05) is 64.7 Å². The Bertz CT molecular complexity index is 541. The molecule has 0 aliphatic rings. The van der Waals surface area contributed by atoms with Gasteiger partial charge in [0, 0.05) is 0 Å². The van der Waals surface area contributed by atoms with Crippen LogP contribution in [0.2, 0.25) is 0 Å². The molecule has 26 heavy (non-hydrogen) atoms. The molecule has 0 aliphatic heterocycles. The number of benzene rings is 1. The van der Waals surface area contributed by atoms with Gasteiger partial charge in [0.15, 0.2) is 0 Å². The Labute approximate surface area is 152 Å². The minimum absolute atomic E-state index is 0.0883. The summed E-state index contributed by atoms with van der Waals surface area (Å²) in [6, 6.07) is 1.74. The summed E-state index contributed by atoms with van der Waals surface area (Å²) in [5.74, 6) is -2.06. The standard InChI is InChI=1S/C20H28F4O2/c1-2-3-4-5-6-7-8-9-10-11-14-26-19(25)17-15-16(20(22,23)24)12-13-18(17)21/h12-13,15H,2-11,14H2,1H3. The van der Waals surface area contributed by atoms with Gasteiger partial charge in [-0.05, 0) is 24.6 Å². The van der Waals surface area contributed by atoms with Crippen molar-refractivity contribution in [2.45, 2.75) is 77.3 Å². The van der Waals surface area contributed by atoms with E-state index in [1.54, 1.807) is 0 Å². The molecular weight excluding hydrogens is 348 g/mol. The molecular formula is C20H28F4O2. The second-order valence-electron chi connectivity index (χ2n) is 6.51. The summed E-state index contributed by atoms with van der Waals surface area (Å²) < 4.78 is 56.4. The SMILES string of the molecule is CCCCCCCCCCCCOC(=O)c1cc(C(F)(F)F)ccc1F. The maximum Gasteiger partial charge on any atom is 0.416 e. The van der Waals surface area contributed by atoms with Crippen LogP contribution in [0.5, 0.6) is 0 Å². The van der Waals surface area contributed by atoms with Crippen molar-refractivity contribution in [2.75, 3.05) is 6.61 Å². The molecule has 0 amide bonds. The van der Waals surface area contributed by atoms with E-state index in [2.05, 4.69) is 6.92 Å². The van der Waals surface area contributed by atoms with Crippen molar-refractivity contribution in [1.82, 2.24) is 0 Å². The molecule has 0 spiro atoms. The topological polar surface area (TPSA) is 26.3 Å². The van der Waals surface area contributed by atoms with Crippen molar-refractivity contribution < 1.29 is 27.1 Å².